The van der Waals surface area contributed by atoms with Crippen molar-refractivity contribution in [1.29, 1.82) is 0 Å². The normalized spacial score (nSPS) is 13.0. The van der Waals surface area contributed by atoms with Crippen molar-refractivity contribution < 1.29 is 0 Å². The first-order valence-electron chi connectivity index (χ1n) is 4.04. The van der Waals surface area contributed by atoms with Crippen LogP contribution in [0.4, 0.5) is 0 Å². The molecular weight excluding hydrogens is 178 g/mol. The van der Waals surface area contributed by atoms with Crippen molar-refractivity contribution in [3.8, 4) is 0 Å². The maximum absolute atomic E-state index is 5.72. The molecule has 0 heterocycles. The second-order valence-corrected chi connectivity index (χ2v) is 4.27. The molecule has 0 aromatic heterocycles. The van der Waals surface area contributed by atoms with Gasteiger partial charge in [-0.25, -0.2) is 0 Å². The van der Waals surface area contributed by atoms with Crippen LogP contribution in [0.3, 0.4) is 0 Å². The SMILES string of the molecule is C=S(N)c1ccc2ccccc2c1. The molecule has 1 atom stereocenters. The lowest BCUT2D eigenvalue weighted by molar-refractivity contribution is 1.50. The van der Waals surface area contributed by atoms with Crippen LogP contribution in [-0.2, 0) is 0 Å². The van der Waals surface area contributed by atoms with Crippen molar-refractivity contribution in [2.75, 3.05) is 0 Å². The smallest absolute Gasteiger partial charge is 0.0156 e. The predicted molar refractivity (Wildman–Crippen MR) is 61.1 cm³/mol. The summed E-state index contributed by atoms with van der Waals surface area (Å²) < 4.78 is 0. The summed E-state index contributed by atoms with van der Waals surface area (Å²) in [6.45, 7) is 0. The van der Waals surface area contributed by atoms with Crippen LogP contribution in [0.5, 0.6) is 0 Å². The van der Waals surface area contributed by atoms with E-state index in [1.807, 2.05) is 18.2 Å². The molecule has 66 valence electrons. The van der Waals surface area contributed by atoms with Gasteiger partial charge < -0.3 is 0 Å². The van der Waals surface area contributed by atoms with Gasteiger partial charge in [-0.3, -0.25) is 5.14 Å². The molecule has 0 amide bonds. The highest BCUT2D eigenvalue weighted by Crippen LogP contribution is 2.22. The molecule has 0 aliphatic carbocycles. The summed E-state index contributed by atoms with van der Waals surface area (Å²) in [4.78, 5) is 1.11. The molecule has 2 aromatic rings. The number of hydrogen-bond acceptors (Lipinski definition) is 1. The molecule has 0 saturated heterocycles. The zero-order valence-electron chi connectivity index (χ0n) is 7.23. The average Bonchev–Trinajstić information content (AvgIpc) is 2.17. The maximum Gasteiger partial charge on any atom is 0.0156 e. The second-order valence-electron chi connectivity index (χ2n) is 2.94. The largest absolute Gasteiger partial charge is 0.280 e. The van der Waals surface area contributed by atoms with Crippen molar-refractivity contribution in [2.24, 2.45) is 5.14 Å². The predicted octanol–water partition coefficient (Wildman–Crippen LogP) is 2.77. The lowest BCUT2D eigenvalue weighted by Gasteiger charge is -2.02. The van der Waals surface area contributed by atoms with Gasteiger partial charge in [-0.15, -0.1) is 0 Å². The molecule has 1 unspecified atom stereocenters. The molecule has 1 nitrogen and oxygen atoms in total. The lowest BCUT2D eigenvalue weighted by atomic mass is 10.1. The Labute approximate surface area is 80.2 Å². The van der Waals surface area contributed by atoms with Gasteiger partial charge in [0.1, 0.15) is 0 Å². The number of nitrogens with two attached hydrogens (primary N) is 1. The van der Waals surface area contributed by atoms with E-state index in [0.717, 1.165) is 4.90 Å². The van der Waals surface area contributed by atoms with Crippen molar-refractivity contribution in [1.82, 2.24) is 0 Å². The van der Waals surface area contributed by atoms with Crippen LogP contribution < -0.4 is 5.14 Å². The minimum absolute atomic E-state index is 0.385. The summed E-state index contributed by atoms with van der Waals surface area (Å²) in [5.41, 5.74) is 0. The van der Waals surface area contributed by atoms with Gasteiger partial charge >= 0.3 is 0 Å². The fourth-order valence-electron chi connectivity index (χ4n) is 1.33. The maximum atomic E-state index is 5.72. The van der Waals surface area contributed by atoms with E-state index in [2.05, 4.69) is 30.1 Å². The van der Waals surface area contributed by atoms with Gasteiger partial charge in [0.2, 0.25) is 0 Å². The summed E-state index contributed by atoms with van der Waals surface area (Å²) in [5.74, 6) is 3.82. The summed E-state index contributed by atoms with van der Waals surface area (Å²) in [7, 11) is -0.385. The standard InChI is InChI=1S/C11H11NS/c1-13(12)11-7-6-9-4-2-3-5-10(9)8-11/h2-8H,1,12H2. The quantitative estimate of drug-likeness (QED) is 0.686. The summed E-state index contributed by atoms with van der Waals surface area (Å²) >= 11 is 0. The van der Waals surface area contributed by atoms with Crippen LogP contribution in [0.2, 0.25) is 0 Å². The van der Waals surface area contributed by atoms with Crippen LogP contribution in [-0.4, -0.2) is 5.87 Å². The van der Waals surface area contributed by atoms with Crippen LogP contribution in [0, 0.1) is 0 Å². The van der Waals surface area contributed by atoms with E-state index in [4.69, 9.17) is 5.14 Å². The summed E-state index contributed by atoms with van der Waals surface area (Å²) in [5, 5.41) is 8.20. The summed E-state index contributed by atoms with van der Waals surface area (Å²) in [6, 6.07) is 14.5. The molecule has 2 N–H and O–H groups in total. The summed E-state index contributed by atoms with van der Waals surface area (Å²) in [6.07, 6.45) is 0. The Morgan fingerprint density at radius 1 is 1.00 bits per heavy atom. The first-order chi connectivity index (χ1) is 6.27. The second kappa shape index (κ2) is 3.32. The third-order valence-corrected chi connectivity index (χ3v) is 2.88. The van der Waals surface area contributed by atoms with Crippen molar-refractivity contribution in [3.05, 3.63) is 42.5 Å². The first kappa shape index (κ1) is 8.48. The Hall–Kier alpha value is -1.12. The molecule has 0 bridgehead atoms. The van der Waals surface area contributed by atoms with Crippen LogP contribution in [0.1, 0.15) is 0 Å². The van der Waals surface area contributed by atoms with Gasteiger partial charge in [0.15, 0.2) is 0 Å². The lowest BCUT2D eigenvalue weighted by Crippen LogP contribution is -1.84. The molecule has 2 heteroatoms. The minimum Gasteiger partial charge on any atom is -0.280 e. The topological polar surface area (TPSA) is 26.0 Å². The number of hydrogen-bond donors (Lipinski definition) is 1. The first-order valence-corrected chi connectivity index (χ1v) is 5.50. The Morgan fingerprint density at radius 2 is 1.69 bits per heavy atom. The van der Waals surface area contributed by atoms with Gasteiger partial charge in [-0.1, -0.05) is 46.9 Å². The Morgan fingerprint density at radius 3 is 2.38 bits per heavy atom. The molecule has 0 spiro atoms. The van der Waals surface area contributed by atoms with E-state index in [9.17, 15) is 0 Å². The zero-order valence-corrected chi connectivity index (χ0v) is 8.05. The Bertz CT molecular complexity index is 462. The minimum atomic E-state index is -0.385. The third-order valence-electron chi connectivity index (χ3n) is 2.02. The monoisotopic (exact) mass is 189 g/mol. The van der Waals surface area contributed by atoms with E-state index in [1.165, 1.54) is 10.8 Å². The Kier molecular flexibility index (Phi) is 2.17. The van der Waals surface area contributed by atoms with Gasteiger partial charge in [-0.2, -0.15) is 0 Å². The van der Waals surface area contributed by atoms with Crippen molar-refractivity contribution in [2.45, 2.75) is 4.90 Å². The van der Waals surface area contributed by atoms with E-state index in [0.29, 0.717) is 0 Å². The number of benzene rings is 2. The van der Waals surface area contributed by atoms with Gasteiger partial charge in [0.05, 0.1) is 0 Å². The van der Waals surface area contributed by atoms with Crippen LogP contribution in [0.15, 0.2) is 47.4 Å². The number of rotatable bonds is 1. The molecule has 2 aromatic carbocycles. The molecule has 0 radical (unpaired) electrons. The van der Waals surface area contributed by atoms with Crippen LogP contribution >= 0.6 is 10.7 Å². The van der Waals surface area contributed by atoms with Gasteiger partial charge in [-0.05, 0) is 22.9 Å². The van der Waals surface area contributed by atoms with Crippen molar-refractivity contribution in [3.63, 3.8) is 0 Å². The zero-order chi connectivity index (χ0) is 9.26. The number of fused-ring (bicyclic) bond motifs is 1. The van der Waals surface area contributed by atoms with Crippen LogP contribution in [0.25, 0.3) is 10.8 Å². The van der Waals surface area contributed by atoms with E-state index in [-0.39, 0.29) is 10.7 Å². The molecule has 0 aliphatic rings. The molecule has 13 heavy (non-hydrogen) atoms. The molecule has 0 saturated carbocycles. The van der Waals surface area contributed by atoms with Gasteiger partial charge in [0.25, 0.3) is 0 Å². The van der Waals surface area contributed by atoms with Crippen molar-refractivity contribution >= 4 is 27.3 Å². The van der Waals surface area contributed by atoms with E-state index in [1.54, 1.807) is 0 Å². The fourth-order valence-corrected chi connectivity index (χ4v) is 1.85. The third kappa shape index (κ3) is 1.64. The van der Waals surface area contributed by atoms with E-state index >= 15 is 0 Å². The van der Waals surface area contributed by atoms with Gasteiger partial charge in [0, 0.05) is 4.90 Å². The fraction of sp³-hybridized carbons (Fsp3) is 0. The molecule has 2 rings (SSSR count). The molecular formula is C11H11NS. The highest BCUT2D eigenvalue weighted by Gasteiger charge is 1.94. The molecule has 0 fully saturated rings. The average molecular weight is 189 g/mol. The highest BCUT2D eigenvalue weighted by molar-refractivity contribution is 8.12. The van der Waals surface area contributed by atoms with E-state index < -0.39 is 0 Å². The Balaban J connectivity index is 2.69. The molecule has 0 aliphatic heterocycles. The highest BCUT2D eigenvalue weighted by atomic mass is 32.2.